The van der Waals surface area contributed by atoms with E-state index < -0.39 is 6.10 Å². The van der Waals surface area contributed by atoms with Crippen LogP contribution in [0.5, 0.6) is 0 Å². The van der Waals surface area contributed by atoms with Gasteiger partial charge >= 0.3 is 17.9 Å². The van der Waals surface area contributed by atoms with Crippen molar-refractivity contribution in [3.8, 4) is 0 Å². The van der Waals surface area contributed by atoms with Gasteiger partial charge in [0.25, 0.3) is 0 Å². The van der Waals surface area contributed by atoms with E-state index in [1.165, 1.54) is 77.0 Å². The van der Waals surface area contributed by atoms with Gasteiger partial charge in [-0.1, -0.05) is 171 Å². The first-order valence-corrected chi connectivity index (χ1v) is 23.3. The third kappa shape index (κ3) is 42.3. The Hall–Kier alpha value is -2.89. The molecule has 0 aliphatic heterocycles. The van der Waals surface area contributed by atoms with Crippen LogP contribution in [0.4, 0.5) is 0 Å². The summed E-state index contributed by atoms with van der Waals surface area (Å²) in [6, 6.07) is 0. The van der Waals surface area contributed by atoms with Gasteiger partial charge in [0.15, 0.2) is 6.10 Å². The van der Waals surface area contributed by atoms with E-state index in [4.69, 9.17) is 14.2 Å². The first-order chi connectivity index (χ1) is 27.5. The molecule has 1 atom stereocenters. The molecule has 0 aromatic carbocycles. The molecule has 0 radical (unpaired) electrons. The average molecular weight is 783 g/mol. The Balaban J connectivity index is 4.44. The summed E-state index contributed by atoms with van der Waals surface area (Å²) >= 11 is 0. The summed E-state index contributed by atoms with van der Waals surface area (Å²) in [6.07, 6.45) is 53.5. The zero-order valence-electron chi connectivity index (χ0n) is 36.6. The fraction of sp³-hybridized carbons (Fsp3) is 0.740. The molecule has 322 valence electrons. The maximum absolute atomic E-state index is 12.7. The van der Waals surface area contributed by atoms with Crippen molar-refractivity contribution in [2.45, 2.75) is 226 Å². The van der Waals surface area contributed by atoms with Gasteiger partial charge in [0, 0.05) is 19.3 Å². The summed E-state index contributed by atoms with van der Waals surface area (Å²) in [5.41, 5.74) is 0. The number of esters is 3. The number of carbonyl (C=O) groups excluding carboxylic acids is 3. The van der Waals surface area contributed by atoms with Gasteiger partial charge in [-0.3, -0.25) is 14.4 Å². The Morgan fingerprint density at radius 1 is 0.393 bits per heavy atom. The van der Waals surface area contributed by atoms with Crippen LogP contribution in [0.2, 0.25) is 0 Å². The van der Waals surface area contributed by atoms with Gasteiger partial charge in [-0.05, 0) is 89.9 Å². The molecule has 6 nitrogen and oxygen atoms in total. The average Bonchev–Trinajstić information content (AvgIpc) is 3.19. The number of unbranched alkanes of at least 4 members (excludes halogenated alkanes) is 21. The summed E-state index contributed by atoms with van der Waals surface area (Å²) in [5.74, 6) is -0.949. The van der Waals surface area contributed by atoms with E-state index in [9.17, 15) is 14.4 Å². The Morgan fingerprint density at radius 2 is 0.768 bits per heavy atom. The third-order valence-corrected chi connectivity index (χ3v) is 9.75. The molecule has 56 heavy (non-hydrogen) atoms. The van der Waals surface area contributed by atoms with E-state index in [0.717, 1.165) is 103 Å². The largest absolute Gasteiger partial charge is 0.462 e. The molecule has 1 unspecified atom stereocenters. The van der Waals surface area contributed by atoms with Gasteiger partial charge in [-0.2, -0.15) is 0 Å². The van der Waals surface area contributed by atoms with Gasteiger partial charge in [-0.25, -0.2) is 0 Å². The molecule has 0 fully saturated rings. The molecule has 0 rings (SSSR count). The van der Waals surface area contributed by atoms with Crippen LogP contribution in [0.15, 0.2) is 60.8 Å². The van der Waals surface area contributed by atoms with Gasteiger partial charge in [0.05, 0.1) is 0 Å². The molecule has 0 spiro atoms. The van der Waals surface area contributed by atoms with Crippen LogP contribution in [-0.2, 0) is 28.6 Å². The van der Waals surface area contributed by atoms with Crippen LogP contribution in [0.25, 0.3) is 0 Å². The normalized spacial score (nSPS) is 12.6. The molecule has 0 heterocycles. The number of carbonyl (C=O) groups is 3. The second-order valence-corrected chi connectivity index (χ2v) is 15.3. The van der Waals surface area contributed by atoms with E-state index in [0.29, 0.717) is 19.3 Å². The highest BCUT2D eigenvalue weighted by atomic mass is 16.6. The third-order valence-electron chi connectivity index (χ3n) is 9.75. The summed E-state index contributed by atoms with van der Waals surface area (Å²) in [4.78, 5) is 37.7. The van der Waals surface area contributed by atoms with Crippen LogP contribution in [0.1, 0.15) is 220 Å². The summed E-state index contributed by atoms with van der Waals surface area (Å²) < 4.78 is 16.7. The minimum Gasteiger partial charge on any atom is -0.462 e. The lowest BCUT2D eigenvalue weighted by Crippen LogP contribution is -2.30. The number of ether oxygens (including phenoxy) is 3. The Bertz CT molecular complexity index is 1040. The number of hydrogen-bond donors (Lipinski definition) is 0. The standard InChI is InChI=1S/C50H86O6/c1-4-7-10-13-16-19-22-24-26-28-31-34-37-40-43-49(52)55-46-47(45-54-48(51)42-39-36-33-30-27-21-18-15-12-9-6-3)56-50(53)44-41-38-35-32-29-25-23-20-17-14-11-8-5-2/h7,10,15-16,18-19,21,25,27,29,47H,4-6,8-9,11-14,17,20,22-24,26,28,30-46H2,1-3H3/b10-7-,18-15-,19-16-,27-21-,29-25-. The fourth-order valence-corrected chi connectivity index (χ4v) is 6.21. The number of allylic oxidation sites excluding steroid dienone is 10. The highest BCUT2D eigenvalue weighted by molar-refractivity contribution is 5.71. The molecule has 0 amide bonds. The van der Waals surface area contributed by atoms with Crippen LogP contribution < -0.4 is 0 Å². The second-order valence-electron chi connectivity index (χ2n) is 15.3. The maximum Gasteiger partial charge on any atom is 0.306 e. The molecule has 0 aliphatic rings. The Labute approximate surface area is 345 Å². The van der Waals surface area contributed by atoms with Crippen molar-refractivity contribution >= 4 is 17.9 Å². The number of rotatable bonds is 41. The number of hydrogen-bond acceptors (Lipinski definition) is 6. The van der Waals surface area contributed by atoms with E-state index in [1.54, 1.807) is 0 Å². The Kier molecular flexibility index (Phi) is 42.5. The molecule has 0 aliphatic carbocycles. The predicted molar refractivity (Wildman–Crippen MR) is 238 cm³/mol. The SMILES string of the molecule is CC/C=C\C/C=C\CCCCCCCCCC(=O)OCC(COC(=O)CCCCC/C=C\C=C/CCCC)OC(=O)CCCCC/C=C\CCCCCCCC. The zero-order chi connectivity index (χ0) is 40.8. The molecule has 0 aromatic rings. The molecule has 0 bridgehead atoms. The smallest absolute Gasteiger partial charge is 0.306 e. The first-order valence-electron chi connectivity index (χ1n) is 23.3. The van der Waals surface area contributed by atoms with Crippen molar-refractivity contribution in [1.29, 1.82) is 0 Å². The van der Waals surface area contributed by atoms with Gasteiger partial charge in [0.2, 0.25) is 0 Å². The fourth-order valence-electron chi connectivity index (χ4n) is 6.21. The van der Waals surface area contributed by atoms with Crippen molar-refractivity contribution in [2.75, 3.05) is 13.2 Å². The first kappa shape index (κ1) is 53.1. The molecule has 0 saturated heterocycles. The minimum atomic E-state index is -0.793. The van der Waals surface area contributed by atoms with E-state index in [1.807, 2.05) is 0 Å². The van der Waals surface area contributed by atoms with Crippen LogP contribution in [0.3, 0.4) is 0 Å². The van der Waals surface area contributed by atoms with E-state index in [-0.39, 0.29) is 31.1 Å². The summed E-state index contributed by atoms with van der Waals surface area (Å²) in [6.45, 7) is 6.41. The molecular weight excluding hydrogens is 697 g/mol. The Morgan fingerprint density at radius 3 is 1.27 bits per heavy atom. The molecule has 6 heteroatoms. The van der Waals surface area contributed by atoms with Gasteiger partial charge in [0.1, 0.15) is 13.2 Å². The maximum atomic E-state index is 12.7. The molecule has 0 aromatic heterocycles. The molecular formula is C50H86O6. The van der Waals surface area contributed by atoms with Crippen molar-refractivity contribution in [1.82, 2.24) is 0 Å². The van der Waals surface area contributed by atoms with E-state index >= 15 is 0 Å². The van der Waals surface area contributed by atoms with Crippen LogP contribution in [-0.4, -0.2) is 37.2 Å². The summed E-state index contributed by atoms with van der Waals surface area (Å²) in [5, 5.41) is 0. The lowest BCUT2D eigenvalue weighted by molar-refractivity contribution is -0.167. The van der Waals surface area contributed by atoms with Crippen LogP contribution >= 0.6 is 0 Å². The van der Waals surface area contributed by atoms with Gasteiger partial charge < -0.3 is 14.2 Å². The topological polar surface area (TPSA) is 78.9 Å². The van der Waals surface area contributed by atoms with Crippen LogP contribution in [0, 0.1) is 0 Å². The lowest BCUT2D eigenvalue weighted by atomic mass is 10.1. The lowest BCUT2D eigenvalue weighted by Gasteiger charge is -2.18. The van der Waals surface area contributed by atoms with Crippen molar-refractivity contribution in [3.05, 3.63) is 60.8 Å². The van der Waals surface area contributed by atoms with Crippen molar-refractivity contribution < 1.29 is 28.6 Å². The van der Waals surface area contributed by atoms with E-state index in [2.05, 4.69) is 81.5 Å². The second kappa shape index (κ2) is 44.8. The zero-order valence-corrected chi connectivity index (χ0v) is 36.6. The monoisotopic (exact) mass is 783 g/mol. The molecule has 0 N–H and O–H groups in total. The quantitative estimate of drug-likeness (QED) is 0.0202. The van der Waals surface area contributed by atoms with Crippen molar-refractivity contribution in [2.24, 2.45) is 0 Å². The highest BCUT2D eigenvalue weighted by Crippen LogP contribution is 2.13. The highest BCUT2D eigenvalue weighted by Gasteiger charge is 2.19. The molecule has 0 saturated carbocycles. The van der Waals surface area contributed by atoms with Gasteiger partial charge in [-0.15, -0.1) is 0 Å². The summed E-state index contributed by atoms with van der Waals surface area (Å²) in [7, 11) is 0. The minimum absolute atomic E-state index is 0.0934. The van der Waals surface area contributed by atoms with Crippen molar-refractivity contribution in [3.63, 3.8) is 0 Å². The predicted octanol–water partition coefficient (Wildman–Crippen LogP) is 14.9.